The van der Waals surface area contributed by atoms with Crippen molar-refractivity contribution in [1.29, 1.82) is 0 Å². The van der Waals surface area contributed by atoms with Gasteiger partial charge in [0.15, 0.2) is 0 Å². The molecule has 0 fully saturated rings. The van der Waals surface area contributed by atoms with Gasteiger partial charge in [-0.3, -0.25) is 10.1 Å². The number of hydrogen-bond donors (Lipinski definition) is 2. The van der Waals surface area contributed by atoms with Crippen molar-refractivity contribution in [3.05, 3.63) is 33.1 Å². The van der Waals surface area contributed by atoms with Crippen LogP contribution in [0.1, 0.15) is 0 Å². The van der Waals surface area contributed by atoms with Crippen molar-refractivity contribution in [2.45, 2.75) is 0 Å². The van der Waals surface area contributed by atoms with Gasteiger partial charge in [-0.2, -0.15) is 4.39 Å². The predicted molar refractivity (Wildman–Crippen MR) is 47.8 cm³/mol. The molecule has 1 aromatic carbocycles. The van der Waals surface area contributed by atoms with Crippen molar-refractivity contribution in [1.82, 2.24) is 0 Å². The molecule has 0 heterocycles. The third kappa shape index (κ3) is 6.95. The number of hydrogen-bond acceptors (Lipinski definition) is 5. The van der Waals surface area contributed by atoms with Gasteiger partial charge in [-0.05, 0) is 0 Å². The van der Waals surface area contributed by atoms with E-state index in [1.54, 1.807) is 0 Å². The average Bonchev–Trinajstić information content (AvgIpc) is 2.09. The molecular weight excluding hydrogens is 272 g/mol. The Balaban J connectivity index is 0. The van der Waals surface area contributed by atoms with Gasteiger partial charge in [0.05, 0.1) is 16.0 Å². The van der Waals surface area contributed by atoms with E-state index in [9.17, 15) is 14.5 Å². The average molecular weight is 276 g/mol. The third-order valence-electron chi connectivity index (χ3n) is 1.21. The molecule has 10 heteroatoms. The van der Waals surface area contributed by atoms with Gasteiger partial charge in [-0.15, -0.1) is 0 Å². The van der Waals surface area contributed by atoms with E-state index in [2.05, 4.69) is 0 Å². The number of phenolic OH excluding ortho intramolecular Hbond substituents is 1. The number of rotatable bonds is 1. The largest absolute Gasteiger partial charge is 1.00 e. The van der Waals surface area contributed by atoms with Crippen molar-refractivity contribution < 1.29 is 59.0 Å². The van der Waals surface area contributed by atoms with Gasteiger partial charge >= 0.3 is 35.2 Å². The zero-order chi connectivity index (χ0) is 12.9. The van der Waals surface area contributed by atoms with Crippen LogP contribution in [0.3, 0.4) is 0 Å². The molecule has 0 atom stereocenters. The van der Waals surface area contributed by atoms with Gasteiger partial charge in [0.25, 0.3) is 0 Å². The maximum atomic E-state index is 12.6. The zero-order valence-corrected chi connectivity index (χ0v) is 11.1. The van der Waals surface area contributed by atoms with Gasteiger partial charge in [-0.25, -0.2) is 0 Å². The Morgan fingerprint density at radius 3 is 2.24 bits per heavy atom. The topological polar surface area (TPSA) is 124 Å². The summed E-state index contributed by atoms with van der Waals surface area (Å²) in [4.78, 5) is 17.6. The minimum absolute atomic E-state index is 0. The Bertz CT molecular complexity index is 425. The van der Waals surface area contributed by atoms with Gasteiger partial charge in [0.2, 0.25) is 12.0 Å². The van der Waals surface area contributed by atoms with Crippen LogP contribution < -0.4 is 34.7 Å². The summed E-state index contributed by atoms with van der Waals surface area (Å²) in [5.41, 5.74) is -0.795. The number of benzene rings is 1. The van der Waals surface area contributed by atoms with Crippen molar-refractivity contribution >= 4 is 23.4 Å². The van der Waals surface area contributed by atoms with Crippen molar-refractivity contribution in [2.75, 3.05) is 0 Å². The number of carboxylic acid groups (broad SMARTS) is 2. The Labute approximate surface area is 121 Å². The number of phenols is 1. The minimum Gasteiger partial charge on any atom is -0.565 e. The summed E-state index contributed by atoms with van der Waals surface area (Å²) in [6, 6.07) is 1.35. The van der Waals surface area contributed by atoms with E-state index >= 15 is 0 Å². The molecule has 0 aromatic heterocycles. The number of aromatic hydroxyl groups is 1. The first-order chi connectivity index (χ1) is 7.25. The molecule has 0 bridgehead atoms. The van der Waals surface area contributed by atoms with E-state index in [0.29, 0.717) is 12.1 Å². The molecule has 88 valence electrons. The maximum Gasteiger partial charge on any atom is 1.00 e. The van der Waals surface area contributed by atoms with Crippen molar-refractivity contribution in [3.63, 3.8) is 0 Å². The molecule has 0 aliphatic carbocycles. The molecule has 1 aromatic rings. The molecule has 0 radical (unpaired) electrons. The molecule has 7 nitrogen and oxygen atoms in total. The van der Waals surface area contributed by atoms with E-state index in [-0.39, 0.29) is 34.6 Å². The normalized spacial score (nSPS) is 8.35. The van der Waals surface area contributed by atoms with Crippen LogP contribution in [0.15, 0.2) is 12.1 Å². The summed E-state index contributed by atoms with van der Waals surface area (Å²) < 4.78 is 12.6. The summed E-state index contributed by atoms with van der Waals surface area (Å²) in [5, 5.41) is 34.0. The Hall–Kier alpha value is -1.09. The van der Waals surface area contributed by atoms with Crippen molar-refractivity contribution in [3.8, 4) is 5.75 Å². The summed E-state index contributed by atoms with van der Waals surface area (Å²) in [5.74, 6) is -1.58. The van der Waals surface area contributed by atoms with Crippen LogP contribution in [0.4, 0.5) is 14.9 Å². The molecule has 0 aliphatic rings. The van der Waals surface area contributed by atoms with Crippen LogP contribution in [0.2, 0.25) is 5.02 Å². The van der Waals surface area contributed by atoms with E-state index < -0.39 is 28.3 Å². The second kappa shape index (κ2) is 8.07. The molecule has 0 aliphatic heterocycles. The fourth-order valence-corrected chi connectivity index (χ4v) is 0.817. The minimum atomic E-state index is -2.08. The molecule has 0 unspecified atom stereocenters. The number of nitrogens with zero attached hydrogens (tertiary/aromatic N) is 1. The molecule has 0 amide bonds. The molecule has 0 saturated heterocycles. The van der Waals surface area contributed by atoms with E-state index in [4.69, 9.17) is 31.7 Å². The Morgan fingerprint density at radius 2 is 1.88 bits per heavy atom. The first-order valence-corrected chi connectivity index (χ1v) is 3.85. The maximum absolute atomic E-state index is 12.6. The van der Waals surface area contributed by atoms with Crippen LogP contribution in [0, 0.1) is 15.9 Å². The van der Waals surface area contributed by atoms with Crippen LogP contribution >= 0.6 is 11.6 Å². The van der Waals surface area contributed by atoms with Crippen LogP contribution in [0.25, 0.3) is 0 Å². The predicted octanol–water partition coefficient (Wildman–Crippen LogP) is -2.02. The van der Waals surface area contributed by atoms with Gasteiger partial charge in [0, 0.05) is 6.07 Å². The summed E-state index contributed by atoms with van der Waals surface area (Å²) in [6.07, 6.45) is -2.08. The standard InChI is InChI=1S/C6H3ClFNO3.CH2O3.Na/c7-3-1-4(8)5(9(11)12)2-6(3)10;2-1(3)4;/h1-2,10H;(H2,2,3,4);/q;;+1/p-1. The molecule has 17 heavy (non-hydrogen) atoms. The fraction of sp³-hybridized carbons (Fsp3) is 0. The van der Waals surface area contributed by atoms with Gasteiger partial charge in [0.1, 0.15) is 5.75 Å². The summed E-state index contributed by atoms with van der Waals surface area (Å²) >= 11 is 5.28. The molecule has 1 rings (SSSR count). The summed E-state index contributed by atoms with van der Waals surface area (Å²) in [7, 11) is 0. The fourth-order valence-electron chi connectivity index (χ4n) is 0.666. The first-order valence-electron chi connectivity index (χ1n) is 3.48. The monoisotopic (exact) mass is 275 g/mol. The number of nitro groups is 1. The first kappa shape index (κ1) is 18.3. The number of nitro benzene ring substituents is 1. The second-order valence-corrected chi connectivity index (χ2v) is 2.69. The van der Waals surface area contributed by atoms with E-state index in [1.807, 2.05) is 0 Å². The summed E-state index contributed by atoms with van der Waals surface area (Å²) in [6.45, 7) is 0. The second-order valence-electron chi connectivity index (χ2n) is 2.28. The third-order valence-corrected chi connectivity index (χ3v) is 1.52. The van der Waals surface area contributed by atoms with Gasteiger partial charge < -0.3 is 20.1 Å². The molecule has 2 N–H and O–H groups in total. The number of carbonyl (C=O) groups is 1. The van der Waals surface area contributed by atoms with E-state index in [0.717, 1.165) is 0 Å². The molecule has 0 saturated carbocycles. The van der Waals surface area contributed by atoms with Crippen LogP contribution in [-0.4, -0.2) is 21.3 Å². The molecule has 0 spiro atoms. The zero-order valence-electron chi connectivity index (χ0n) is 8.39. The van der Waals surface area contributed by atoms with Crippen molar-refractivity contribution in [2.24, 2.45) is 0 Å². The Kier molecular flexibility index (Phi) is 8.68. The molecular formula is C7H4ClFNNaO6. The SMILES string of the molecule is O=C([O-])O.O=[N+]([O-])c1cc(O)c(Cl)cc1F.[Na+]. The van der Waals surface area contributed by atoms with Crippen LogP contribution in [-0.2, 0) is 0 Å². The van der Waals surface area contributed by atoms with E-state index in [1.165, 1.54) is 0 Å². The number of halogens is 2. The quantitative estimate of drug-likeness (QED) is 0.346. The van der Waals surface area contributed by atoms with Gasteiger partial charge in [-0.1, -0.05) is 11.6 Å². The smallest absolute Gasteiger partial charge is 0.565 e. The van der Waals surface area contributed by atoms with Crippen LogP contribution in [0.5, 0.6) is 5.75 Å². The Morgan fingerprint density at radius 1 is 1.47 bits per heavy atom.